The van der Waals surface area contributed by atoms with Crippen molar-refractivity contribution < 1.29 is 0 Å². The molecule has 7 aromatic rings. The van der Waals surface area contributed by atoms with Crippen LogP contribution in [-0.2, 0) is 5.41 Å². The number of anilines is 3. The maximum absolute atomic E-state index is 2.48. The van der Waals surface area contributed by atoms with Gasteiger partial charge in [-0.25, -0.2) is 0 Å². The second-order valence-electron chi connectivity index (χ2n) is 11.0. The van der Waals surface area contributed by atoms with Gasteiger partial charge in [0.1, 0.15) is 0 Å². The fourth-order valence-corrected chi connectivity index (χ4v) is 7.52. The molecule has 0 radical (unpaired) electrons. The summed E-state index contributed by atoms with van der Waals surface area (Å²) in [5, 5.41) is 8.61. The second kappa shape index (κ2) is 8.30. The SMILES string of the molecule is CC1(C)c2ccccc2-c2cc3ccc4cccc(N(c5ccccc5)c5cccc6ccsc56)c4c3cc21. The van der Waals surface area contributed by atoms with Crippen LogP contribution >= 0.6 is 11.3 Å². The smallest absolute Gasteiger partial charge is 0.0640 e. The van der Waals surface area contributed by atoms with Crippen molar-refractivity contribution in [2.24, 2.45) is 0 Å². The van der Waals surface area contributed by atoms with Crippen LogP contribution in [0.5, 0.6) is 0 Å². The van der Waals surface area contributed by atoms with Gasteiger partial charge in [-0.1, -0.05) is 92.7 Å². The molecule has 8 rings (SSSR count). The van der Waals surface area contributed by atoms with E-state index in [4.69, 9.17) is 0 Å². The maximum Gasteiger partial charge on any atom is 0.0640 e. The number of benzene rings is 6. The molecule has 186 valence electrons. The first-order valence-corrected chi connectivity index (χ1v) is 14.4. The van der Waals surface area contributed by atoms with Gasteiger partial charge >= 0.3 is 0 Å². The largest absolute Gasteiger partial charge is 0.308 e. The Balaban J connectivity index is 1.47. The van der Waals surface area contributed by atoms with Gasteiger partial charge in [-0.05, 0) is 91.6 Å². The molecule has 0 N–H and O–H groups in total. The van der Waals surface area contributed by atoms with Crippen molar-refractivity contribution in [3.05, 3.63) is 138 Å². The molecule has 0 saturated heterocycles. The number of hydrogen-bond acceptors (Lipinski definition) is 2. The Hall–Kier alpha value is -4.40. The first-order chi connectivity index (χ1) is 19.1. The van der Waals surface area contributed by atoms with Crippen molar-refractivity contribution >= 4 is 60.0 Å². The zero-order valence-corrected chi connectivity index (χ0v) is 22.8. The summed E-state index contributed by atoms with van der Waals surface area (Å²) in [5.41, 5.74) is 9.09. The minimum absolute atomic E-state index is 0.0428. The highest BCUT2D eigenvalue weighted by Crippen LogP contribution is 2.51. The van der Waals surface area contributed by atoms with Gasteiger partial charge < -0.3 is 4.90 Å². The topological polar surface area (TPSA) is 3.24 Å². The molecule has 6 aromatic carbocycles. The molecule has 1 aliphatic carbocycles. The maximum atomic E-state index is 2.48. The zero-order valence-electron chi connectivity index (χ0n) is 22.0. The normalized spacial score (nSPS) is 13.6. The molecule has 0 saturated carbocycles. The molecule has 0 amide bonds. The van der Waals surface area contributed by atoms with Crippen molar-refractivity contribution in [1.29, 1.82) is 0 Å². The quantitative estimate of drug-likeness (QED) is 0.211. The highest BCUT2D eigenvalue weighted by molar-refractivity contribution is 7.17. The molecular formula is C37H27NS. The Morgan fingerprint density at radius 2 is 1.31 bits per heavy atom. The summed E-state index contributed by atoms with van der Waals surface area (Å²) in [6.07, 6.45) is 0. The van der Waals surface area contributed by atoms with E-state index in [1.807, 2.05) is 11.3 Å². The first-order valence-electron chi connectivity index (χ1n) is 13.5. The molecule has 39 heavy (non-hydrogen) atoms. The van der Waals surface area contributed by atoms with E-state index in [0.717, 1.165) is 5.69 Å². The average molecular weight is 518 g/mol. The molecule has 0 aliphatic heterocycles. The van der Waals surface area contributed by atoms with Crippen LogP contribution in [0.3, 0.4) is 0 Å². The van der Waals surface area contributed by atoms with Crippen LogP contribution in [0.15, 0.2) is 127 Å². The van der Waals surface area contributed by atoms with Crippen molar-refractivity contribution in [2.75, 3.05) is 4.90 Å². The predicted octanol–water partition coefficient (Wildman–Crippen LogP) is 11.0. The van der Waals surface area contributed by atoms with E-state index in [-0.39, 0.29) is 5.41 Å². The summed E-state index contributed by atoms with van der Waals surface area (Å²) in [4.78, 5) is 2.45. The summed E-state index contributed by atoms with van der Waals surface area (Å²) in [6.45, 7) is 4.73. The van der Waals surface area contributed by atoms with Crippen molar-refractivity contribution in [3.63, 3.8) is 0 Å². The molecular weight excluding hydrogens is 490 g/mol. The van der Waals surface area contributed by atoms with E-state index in [2.05, 4.69) is 145 Å². The summed E-state index contributed by atoms with van der Waals surface area (Å²) < 4.78 is 1.30. The Labute approximate surface area is 232 Å². The molecule has 0 bridgehead atoms. The van der Waals surface area contributed by atoms with Crippen molar-refractivity contribution in [1.82, 2.24) is 0 Å². The van der Waals surface area contributed by atoms with E-state index < -0.39 is 0 Å². The number of nitrogens with zero attached hydrogens (tertiary/aromatic N) is 1. The number of thiophene rings is 1. The third-order valence-corrected chi connectivity index (χ3v) is 9.45. The standard InChI is InChI=1S/C37H27NS/c1-37(2)31-15-7-6-14-28(31)30-22-26-19-18-24-10-8-16-33(35(24)29(26)23-32(30)37)38(27-12-4-3-5-13-27)34-17-9-11-25-20-21-39-36(25)34/h3-23H,1-2H3. The lowest BCUT2D eigenvalue weighted by atomic mass is 9.81. The lowest BCUT2D eigenvalue weighted by Crippen LogP contribution is -2.15. The molecule has 0 atom stereocenters. The van der Waals surface area contributed by atoms with Crippen molar-refractivity contribution in [2.45, 2.75) is 19.3 Å². The van der Waals surface area contributed by atoms with Crippen LogP contribution in [0.2, 0.25) is 0 Å². The van der Waals surface area contributed by atoms with E-state index in [1.54, 1.807) is 0 Å². The molecule has 1 nitrogen and oxygen atoms in total. The monoisotopic (exact) mass is 517 g/mol. The van der Waals surface area contributed by atoms with Gasteiger partial charge in [0.15, 0.2) is 0 Å². The van der Waals surface area contributed by atoms with Gasteiger partial charge in [-0.2, -0.15) is 0 Å². The molecule has 1 aromatic heterocycles. The van der Waals surface area contributed by atoms with Crippen LogP contribution in [0.25, 0.3) is 42.8 Å². The number of fused-ring (bicyclic) bond motifs is 7. The summed E-state index contributed by atoms with van der Waals surface area (Å²) in [6, 6.07) is 44.8. The second-order valence-corrected chi connectivity index (χ2v) is 11.9. The Morgan fingerprint density at radius 3 is 2.18 bits per heavy atom. The molecule has 1 heterocycles. The summed E-state index contributed by atoms with van der Waals surface area (Å²) in [5.74, 6) is 0. The molecule has 0 fully saturated rings. The van der Waals surface area contributed by atoms with E-state index in [1.165, 1.54) is 65.3 Å². The van der Waals surface area contributed by atoms with E-state index >= 15 is 0 Å². The fraction of sp³-hybridized carbons (Fsp3) is 0.0811. The highest BCUT2D eigenvalue weighted by atomic mass is 32.1. The van der Waals surface area contributed by atoms with Crippen LogP contribution < -0.4 is 4.90 Å². The van der Waals surface area contributed by atoms with Gasteiger partial charge in [0.25, 0.3) is 0 Å². The molecule has 0 spiro atoms. The third-order valence-electron chi connectivity index (χ3n) is 8.49. The number of hydrogen-bond donors (Lipinski definition) is 0. The average Bonchev–Trinajstić information content (AvgIpc) is 3.54. The predicted molar refractivity (Wildman–Crippen MR) is 169 cm³/mol. The van der Waals surface area contributed by atoms with Gasteiger partial charge in [0.05, 0.1) is 16.1 Å². The lowest BCUT2D eigenvalue weighted by molar-refractivity contribution is 0.661. The number of para-hydroxylation sites is 1. The molecule has 1 aliphatic rings. The molecule has 0 unspecified atom stereocenters. The Bertz CT molecular complexity index is 2050. The van der Waals surface area contributed by atoms with Gasteiger partial charge in [-0.15, -0.1) is 11.3 Å². The third kappa shape index (κ3) is 3.25. The summed E-state index contributed by atoms with van der Waals surface area (Å²) >= 11 is 1.81. The van der Waals surface area contributed by atoms with E-state index in [0.29, 0.717) is 0 Å². The number of rotatable bonds is 3. The van der Waals surface area contributed by atoms with Gasteiger partial charge in [0.2, 0.25) is 0 Å². The summed E-state index contributed by atoms with van der Waals surface area (Å²) in [7, 11) is 0. The Morgan fingerprint density at radius 1 is 0.564 bits per heavy atom. The lowest BCUT2D eigenvalue weighted by Gasteiger charge is -2.28. The van der Waals surface area contributed by atoms with Crippen LogP contribution in [0.4, 0.5) is 17.1 Å². The van der Waals surface area contributed by atoms with Gasteiger partial charge in [0, 0.05) is 16.5 Å². The van der Waals surface area contributed by atoms with Crippen molar-refractivity contribution in [3.8, 4) is 11.1 Å². The van der Waals surface area contributed by atoms with Crippen LogP contribution in [0, 0.1) is 0 Å². The minimum Gasteiger partial charge on any atom is -0.308 e. The fourth-order valence-electron chi connectivity index (χ4n) is 6.61. The molecule has 2 heteroatoms. The minimum atomic E-state index is -0.0428. The first kappa shape index (κ1) is 22.6. The highest BCUT2D eigenvalue weighted by Gasteiger charge is 2.35. The van der Waals surface area contributed by atoms with Crippen LogP contribution in [-0.4, -0.2) is 0 Å². The Kier molecular flexibility index (Phi) is 4.80. The van der Waals surface area contributed by atoms with Gasteiger partial charge in [-0.3, -0.25) is 0 Å². The van der Waals surface area contributed by atoms with Crippen LogP contribution in [0.1, 0.15) is 25.0 Å². The zero-order chi connectivity index (χ0) is 26.1. The van der Waals surface area contributed by atoms with E-state index in [9.17, 15) is 0 Å².